The van der Waals surface area contributed by atoms with E-state index in [0.29, 0.717) is 35.8 Å². The van der Waals surface area contributed by atoms with Gasteiger partial charge in [0.2, 0.25) is 0 Å². The fraction of sp³-hybridized carbons (Fsp3) is 0.353. The molecule has 1 saturated heterocycles. The molecule has 0 aromatic heterocycles. The lowest BCUT2D eigenvalue weighted by Crippen LogP contribution is -2.29. The number of aliphatic hydroxyl groups excluding tert-OH is 1. The van der Waals surface area contributed by atoms with Crippen molar-refractivity contribution >= 4 is 23.1 Å². The van der Waals surface area contributed by atoms with E-state index in [4.69, 9.17) is 9.47 Å². The number of anilines is 1. The fourth-order valence-electron chi connectivity index (χ4n) is 5.11. The predicted octanol–water partition coefficient (Wildman–Crippen LogP) is 7.24. The van der Waals surface area contributed by atoms with Gasteiger partial charge in [-0.3, -0.25) is 14.5 Å². The predicted molar refractivity (Wildman–Crippen MR) is 161 cm³/mol. The third kappa shape index (κ3) is 5.80. The maximum Gasteiger partial charge on any atom is 0.300 e. The maximum atomic E-state index is 13.7. The van der Waals surface area contributed by atoms with E-state index in [-0.39, 0.29) is 34.2 Å². The van der Waals surface area contributed by atoms with Crippen molar-refractivity contribution in [1.82, 2.24) is 0 Å². The molecule has 2 N–H and O–H groups in total. The number of carbonyl (C=O) groups excluding carboxylic acids is 2. The van der Waals surface area contributed by atoms with Crippen LogP contribution < -0.4 is 14.4 Å². The van der Waals surface area contributed by atoms with Crippen LogP contribution in [0.3, 0.4) is 0 Å². The molecule has 1 aliphatic rings. The topological polar surface area (TPSA) is 96.3 Å². The van der Waals surface area contributed by atoms with Gasteiger partial charge in [0.15, 0.2) is 11.5 Å². The summed E-state index contributed by atoms with van der Waals surface area (Å²) in [7, 11) is 0. The zero-order valence-corrected chi connectivity index (χ0v) is 24.8. The molecule has 4 rings (SSSR count). The number of Topliss-reactive ketones (excluding diaryl/α,β-unsaturated/α-hetero) is 1. The number of rotatable bonds is 8. The molecule has 41 heavy (non-hydrogen) atoms. The third-order valence-corrected chi connectivity index (χ3v) is 7.24. The van der Waals surface area contributed by atoms with Crippen molar-refractivity contribution in [1.29, 1.82) is 0 Å². The monoisotopic (exact) mass is 557 g/mol. The first kappa shape index (κ1) is 29.7. The van der Waals surface area contributed by atoms with Crippen LogP contribution in [0.2, 0.25) is 0 Å². The van der Waals surface area contributed by atoms with Gasteiger partial charge in [-0.2, -0.15) is 0 Å². The summed E-state index contributed by atoms with van der Waals surface area (Å²) < 4.78 is 11.4. The molecule has 216 valence electrons. The Bertz CT molecular complexity index is 1480. The molecule has 0 radical (unpaired) electrons. The van der Waals surface area contributed by atoms with Gasteiger partial charge in [-0.05, 0) is 78.8 Å². The van der Waals surface area contributed by atoms with Crippen molar-refractivity contribution in [3.05, 3.63) is 88.5 Å². The van der Waals surface area contributed by atoms with Gasteiger partial charge in [-0.25, -0.2) is 0 Å². The lowest BCUT2D eigenvalue weighted by atomic mass is 9.84. The summed E-state index contributed by atoms with van der Waals surface area (Å²) in [6.45, 7) is 14.8. The summed E-state index contributed by atoms with van der Waals surface area (Å²) in [5.41, 5.74) is 3.04. The average molecular weight is 558 g/mol. The van der Waals surface area contributed by atoms with E-state index in [1.54, 1.807) is 31.2 Å². The van der Waals surface area contributed by atoms with Crippen molar-refractivity contribution in [2.45, 2.75) is 65.8 Å². The Morgan fingerprint density at radius 1 is 0.902 bits per heavy atom. The van der Waals surface area contributed by atoms with E-state index in [9.17, 15) is 19.8 Å². The Balaban J connectivity index is 1.96. The molecule has 1 atom stereocenters. The van der Waals surface area contributed by atoms with Gasteiger partial charge in [-0.15, -0.1) is 0 Å². The van der Waals surface area contributed by atoms with E-state index < -0.39 is 17.7 Å². The van der Waals surface area contributed by atoms with Crippen LogP contribution in [0.5, 0.6) is 17.2 Å². The normalized spacial score (nSPS) is 16.9. The van der Waals surface area contributed by atoms with Crippen LogP contribution in [0.15, 0.2) is 66.2 Å². The molecule has 1 fully saturated rings. The van der Waals surface area contributed by atoms with Gasteiger partial charge in [0.1, 0.15) is 11.5 Å². The minimum Gasteiger partial charge on any atom is -0.507 e. The lowest BCUT2D eigenvalue weighted by Gasteiger charge is -2.27. The van der Waals surface area contributed by atoms with Crippen molar-refractivity contribution in [2.24, 2.45) is 0 Å². The molecule has 1 aliphatic heterocycles. The number of phenolic OH excluding ortho intramolecular Hbond substituents is 1. The molecule has 1 heterocycles. The Morgan fingerprint density at radius 3 is 2.12 bits per heavy atom. The molecular weight excluding hydrogens is 518 g/mol. The van der Waals surface area contributed by atoms with Crippen LogP contribution in [0, 0.1) is 0 Å². The van der Waals surface area contributed by atoms with E-state index in [1.807, 2.05) is 58.0 Å². The summed E-state index contributed by atoms with van der Waals surface area (Å²) >= 11 is 0. The smallest absolute Gasteiger partial charge is 0.300 e. The molecule has 0 bridgehead atoms. The first-order valence-corrected chi connectivity index (χ1v) is 14.0. The van der Waals surface area contributed by atoms with Crippen LogP contribution in [0.1, 0.15) is 82.7 Å². The summed E-state index contributed by atoms with van der Waals surface area (Å²) in [6.07, 6.45) is 0. The standard InChI is InChI=1S/C34H39NO6/c1-8-40-27-17-13-23(18-25(27)34(5,6)7)31(37)29-30(22-12-16-26(36)28(19-22)41-9-2)35(33(39)32(29)38)24-14-10-21(11-15-24)20(3)4/h10-20,30,36-37H,8-9H2,1-7H3/b31-29+. The van der Waals surface area contributed by atoms with Crippen molar-refractivity contribution in [2.75, 3.05) is 18.1 Å². The van der Waals surface area contributed by atoms with Crippen LogP contribution >= 0.6 is 0 Å². The molecule has 0 aliphatic carbocycles. The molecule has 7 nitrogen and oxygen atoms in total. The zero-order chi connectivity index (χ0) is 30.1. The lowest BCUT2D eigenvalue weighted by molar-refractivity contribution is -0.132. The SMILES string of the molecule is CCOc1cc(C2/C(=C(\O)c3ccc(OCC)c(C(C)(C)C)c3)C(=O)C(=O)N2c2ccc(C(C)C)cc2)ccc1O. The highest BCUT2D eigenvalue weighted by Crippen LogP contribution is 2.45. The number of hydrogen-bond donors (Lipinski definition) is 2. The highest BCUT2D eigenvalue weighted by Gasteiger charge is 2.47. The number of amides is 1. The first-order chi connectivity index (χ1) is 19.4. The van der Waals surface area contributed by atoms with E-state index in [0.717, 1.165) is 11.1 Å². The minimum atomic E-state index is -0.954. The van der Waals surface area contributed by atoms with Crippen LogP contribution in [0.25, 0.3) is 5.76 Å². The van der Waals surface area contributed by atoms with Gasteiger partial charge in [0.05, 0.1) is 24.8 Å². The second-order valence-electron chi connectivity index (χ2n) is 11.5. The van der Waals surface area contributed by atoms with Crippen molar-refractivity contribution in [3.8, 4) is 17.2 Å². The van der Waals surface area contributed by atoms with Gasteiger partial charge < -0.3 is 19.7 Å². The number of ketones is 1. The van der Waals surface area contributed by atoms with Crippen molar-refractivity contribution < 1.29 is 29.3 Å². The molecule has 1 amide bonds. The average Bonchev–Trinajstić information content (AvgIpc) is 3.19. The zero-order valence-electron chi connectivity index (χ0n) is 24.8. The number of carbonyl (C=O) groups is 2. The summed E-state index contributed by atoms with van der Waals surface area (Å²) in [5, 5.41) is 22.1. The highest BCUT2D eigenvalue weighted by atomic mass is 16.5. The Labute approximate surface area is 242 Å². The minimum absolute atomic E-state index is 0.0416. The summed E-state index contributed by atoms with van der Waals surface area (Å²) in [4.78, 5) is 28.7. The highest BCUT2D eigenvalue weighted by molar-refractivity contribution is 6.51. The molecule has 3 aromatic rings. The Kier molecular flexibility index (Phi) is 8.47. The number of ether oxygens (including phenoxy) is 2. The van der Waals surface area contributed by atoms with Gasteiger partial charge >= 0.3 is 0 Å². The van der Waals surface area contributed by atoms with Crippen molar-refractivity contribution in [3.63, 3.8) is 0 Å². The fourth-order valence-corrected chi connectivity index (χ4v) is 5.11. The van der Waals surface area contributed by atoms with E-state index in [1.165, 1.54) is 11.0 Å². The molecule has 7 heteroatoms. The Morgan fingerprint density at radius 2 is 1.54 bits per heavy atom. The molecule has 0 saturated carbocycles. The number of nitrogens with zero attached hydrogens (tertiary/aromatic N) is 1. The molecule has 0 spiro atoms. The van der Waals surface area contributed by atoms with Crippen LogP contribution in [0.4, 0.5) is 5.69 Å². The number of hydrogen-bond acceptors (Lipinski definition) is 6. The molecule has 1 unspecified atom stereocenters. The molecule has 3 aromatic carbocycles. The van der Waals surface area contributed by atoms with E-state index in [2.05, 4.69) is 13.8 Å². The van der Waals surface area contributed by atoms with Gasteiger partial charge in [0, 0.05) is 16.8 Å². The number of phenols is 1. The largest absolute Gasteiger partial charge is 0.507 e. The first-order valence-electron chi connectivity index (χ1n) is 14.0. The second-order valence-corrected chi connectivity index (χ2v) is 11.5. The second kappa shape index (κ2) is 11.7. The molecular formula is C34H39NO6. The van der Waals surface area contributed by atoms with Gasteiger partial charge in [0.25, 0.3) is 11.7 Å². The van der Waals surface area contributed by atoms with Crippen LogP contribution in [-0.4, -0.2) is 35.1 Å². The number of aromatic hydroxyl groups is 1. The Hall–Kier alpha value is -4.26. The number of benzene rings is 3. The van der Waals surface area contributed by atoms with Crippen LogP contribution in [-0.2, 0) is 15.0 Å². The summed E-state index contributed by atoms with van der Waals surface area (Å²) in [6, 6.07) is 16.5. The summed E-state index contributed by atoms with van der Waals surface area (Å²) in [5.74, 6) is -0.678. The van der Waals surface area contributed by atoms with E-state index >= 15 is 0 Å². The quantitative estimate of drug-likeness (QED) is 0.172. The maximum absolute atomic E-state index is 13.7. The third-order valence-electron chi connectivity index (χ3n) is 7.24. The van der Waals surface area contributed by atoms with Gasteiger partial charge in [-0.1, -0.05) is 52.8 Å². The number of aliphatic hydroxyl groups is 1.